The van der Waals surface area contributed by atoms with Gasteiger partial charge in [-0.2, -0.15) is 0 Å². The van der Waals surface area contributed by atoms with Gasteiger partial charge in [-0.25, -0.2) is 0 Å². The Hall–Kier alpha value is -2.20. The van der Waals surface area contributed by atoms with Gasteiger partial charge >= 0.3 is 0 Å². The molecule has 116 valence electrons. The first-order chi connectivity index (χ1) is 10.7. The van der Waals surface area contributed by atoms with Crippen LogP contribution < -0.4 is 19.5 Å². The van der Waals surface area contributed by atoms with Crippen LogP contribution in [0.25, 0.3) is 0 Å². The van der Waals surface area contributed by atoms with Gasteiger partial charge in [0.25, 0.3) is 0 Å². The third-order valence-corrected chi connectivity index (χ3v) is 4.07. The first-order valence-electron chi connectivity index (χ1n) is 7.30. The number of hydrogen-bond acceptors (Lipinski definition) is 4. The number of hydrogen-bond donors (Lipinski definition) is 1. The lowest BCUT2D eigenvalue weighted by molar-refractivity contribution is 0.323. The van der Waals surface area contributed by atoms with Crippen LogP contribution in [0.2, 0.25) is 0 Å². The maximum absolute atomic E-state index is 5.42. The van der Waals surface area contributed by atoms with Gasteiger partial charge in [-0.05, 0) is 30.2 Å². The van der Waals surface area contributed by atoms with E-state index in [1.54, 1.807) is 21.3 Å². The van der Waals surface area contributed by atoms with E-state index < -0.39 is 0 Å². The first-order valence-corrected chi connectivity index (χ1v) is 7.30. The van der Waals surface area contributed by atoms with Crippen molar-refractivity contribution < 1.29 is 14.2 Å². The van der Waals surface area contributed by atoms with Crippen LogP contribution in [0.1, 0.15) is 28.8 Å². The summed E-state index contributed by atoms with van der Waals surface area (Å²) in [6.45, 7) is 2.10. The highest BCUT2D eigenvalue weighted by molar-refractivity contribution is 5.55. The van der Waals surface area contributed by atoms with E-state index in [1.807, 2.05) is 12.1 Å². The Balaban J connectivity index is 1.89. The van der Waals surface area contributed by atoms with Gasteiger partial charge in [0.1, 0.15) is 0 Å². The van der Waals surface area contributed by atoms with Gasteiger partial charge in [0, 0.05) is 0 Å². The van der Waals surface area contributed by atoms with Crippen molar-refractivity contribution in [2.45, 2.75) is 19.0 Å². The summed E-state index contributed by atoms with van der Waals surface area (Å²) >= 11 is 0. The molecule has 2 unspecified atom stereocenters. The molecule has 0 saturated carbocycles. The van der Waals surface area contributed by atoms with E-state index in [2.05, 4.69) is 36.5 Å². The quantitative estimate of drug-likeness (QED) is 0.860. The normalized spacial score (nSPS) is 19.6. The highest BCUT2D eigenvalue weighted by atomic mass is 16.5. The number of nitrogens with one attached hydrogen (secondary N) is 1. The summed E-state index contributed by atoms with van der Waals surface area (Å²) < 4.78 is 16.2. The molecule has 0 spiro atoms. The molecule has 0 aromatic heterocycles. The predicted molar refractivity (Wildman–Crippen MR) is 85.9 cm³/mol. The molecule has 0 aliphatic carbocycles. The lowest BCUT2D eigenvalue weighted by Crippen LogP contribution is -1.97. The Morgan fingerprint density at radius 3 is 1.82 bits per heavy atom. The topological polar surface area (TPSA) is 49.6 Å². The third kappa shape index (κ3) is 2.62. The largest absolute Gasteiger partial charge is 0.493 e. The van der Waals surface area contributed by atoms with Gasteiger partial charge < -0.3 is 14.2 Å². The predicted octanol–water partition coefficient (Wildman–Crippen LogP) is 3.41. The molecule has 0 radical (unpaired) electrons. The van der Waals surface area contributed by atoms with Crippen molar-refractivity contribution in [2.75, 3.05) is 21.3 Å². The molecule has 0 amide bonds. The van der Waals surface area contributed by atoms with Crippen LogP contribution in [-0.2, 0) is 0 Å². The summed E-state index contributed by atoms with van der Waals surface area (Å²) in [6.07, 6.45) is 0. The van der Waals surface area contributed by atoms with E-state index in [1.165, 1.54) is 11.1 Å². The lowest BCUT2D eigenvalue weighted by atomic mass is 10.0. The van der Waals surface area contributed by atoms with E-state index in [-0.39, 0.29) is 6.04 Å². The number of aryl methyl sites for hydroxylation is 1. The number of benzene rings is 2. The molecule has 1 saturated heterocycles. The second kappa shape index (κ2) is 5.89. The Kier molecular flexibility index (Phi) is 3.94. The molecule has 0 bridgehead atoms. The minimum absolute atomic E-state index is 0.274. The smallest absolute Gasteiger partial charge is 0.203 e. The highest BCUT2D eigenvalue weighted by Gasteiger charge is 2.39. The van der Waals surface area contributed by atoms with Crippen LogP contribution >= 0.6 is 0 Å². The van der Waals surface area contributed by atoms with E-state index in [0.717, 1.165) is 5.56 Å². The van der Waals surface area contributed by atoms with Crippen LogP contribution in [0.3, 0.4) is 0 Å². The minimum Gasteiger partial charge on any atom is -0.493 e. The van der Waals surface area contributed by atoms with Crippen molar-refractivity contribution in [2.24, 2.45) is 0 Å². The molecule has 4 heteroatoms. The second-order valence-electron chi connectivity index (χ2n) is 5.49. The van der Waals surface area contributed by atoms with Crippen molar-refractivity contribution in [3.63, 3.8) is 0 Å². The standard InChI is InChI=1S/C18H21NO3/c1-11-5-7-12(8-6-11)16-17(19-16)13-9-14(20-2)18(22-4)15(10-13)21-3/h5-10,16-17,19H,1-4H3. The molecule has 1 N–H and O–H groups in total. The third-order valence-electron chi connectivity index (χ3n) is 4.07. The zero-order valence-electron chi connectivity index (χ0n) is 13.3. The van der Waals surface area contributed by atoms with Gasteiger partial charge in [-0.15, -0.1) is 0 Å². The van der Waals surface area contributed by atoms with E-state index >= 15 is 0 Å². The molecule has 2 aromatic carbocycles. The summed E-state index contributed by atoms with van der Waals surface area (Å²) in [5.74, 6) is 2.00. The molecule has 1 aliphatic heterocycles. The lowest BCUT2D eigenvalue weighted by Gasteiger charge is -2.13. The Morgan fingerprint density at radius 2 is 1.32 bits per heavy atom. The van der Waals surface area contributed by atoms with Crippen molar-refractivity contribution in [3.05, 3.63) is 53.1 Å². The summed E-state index contributed by atoms with van der Waals surface area (Å²) in [6, 6.07) is 13.2. The second-order valence-corrected chi connectivity index (χ2v) is 5.49. The fraction of sp³-hybridized carbons (Fsp3) is 0.333. The van der Waals surface area contributed by atoms with Crippen molar-refractivity contribution in [1.29, 1.82) is 0 Å². The summed E-state index contributed by atoms with van der Waals surface area (Å²) in [5, 5.41) is 3.51. The molecule has 2 atom stereocenters. The molecule has 1 fully saturated rings. The average Bonchev–Trinajstić information content (AvgIpc) is 3.34. The van der Waals surface area contributed by atoms with Gasteiger partial charge in [-0.1, -0.05) is 29.8 Å². The fourth-order valence-corrected chi connectivity index (χ4v) is 2.77. The van der Waals surface area contributed by atoms with Crippen LogP contribution in [-0.4, -0.2) is 21.3 Å². The Labute approximate surface area is 131 Å². The maximum Gasteiger partial charge on any atom is 0.203 e. The SMILES string of the molecule is COc1cc(C2NC2c2ccc(C)cc2)cc(OC)c1OC. The Bertz CT molecular complexity index is 642. The first kappa shape index (κ1) is 14.7. The molecule has 4 nitrogen and oxygen atoms in total. The monoisotopic (exact) mass is 299 g/mol. The van der Waals surface area contributed by atoms with E-state index in [4.69, 9.17) is 14.2 Å². The minimum atomic E-state index is 0.274. The molecule has 3 rings (SSSR count). The number of ether oxygens (including phenoxy) is 3. The molecular formula is C18H21NO3. The molecule has 1 heterocycles. The van der Waals surface area contributed by atoms with E-state index in [0.29, 0.717) is 23.3 Å². The highest BCUT2D eigenvalue weighted by Crippen LogP contribution is 2.47. The molecular weight excluding hydrogens is 278 g/mol. The van der Waals surface area contributed by atoms with Gasteiger partial charge in [0.05, 0.1) is 33.4 Å². The summed E-state index contributed by atoms with van der Waals surface area (Å²) in [4.78, 5) is 0. The van der Waals surface area contributed by atoms with Crippen LogP contribution in [0.15, 0.2) is 36.4 Å². The van der Waals surface area contributed by atoms with E-state index in [9.17, 15) is 0 Å². The van der Waals surface area contributed by atoms with Crippen LogP contribution in [0.4, 0.5) is 0 Å². The van der Waals surface area contributed by atoms with Crippen molar-refractivity contribution in [1.82, 2.24) is 5.32 Å². The molecule has 1 aliphatic rings. The Morgan fingerprint density at radius 1 is 0.773 bits per heavy atom. The van der Waals surface area contributed by atoms with Crippen molar-refractivity contribution >= 4 is 0 Å². The molecule has 22 heavy (non-hydrogen) atoms. The summed E-state index contributed by atoms with van der Waals surface area (Å²) in [7, 11) is 4.89. The van der Waals surface area contributed by atoms with Crippen molar-refractivity contribution in [3.8, 4) is 17.2 Å². The number of methoxy groups -OCH3 is 3. The zero-order chi connectivity index (χ0) is 15.7. The van der Waals surface area contributed by atoms with Gasteiger partial charge in [0.2, 0.25) is 5.75 Å². The average molecular weight is 299 g/mol. The number of rotatable bonds is 5. The zero-order valence-corrected chi connectivity index (χ0v) is 13.3. The van der Waals surface area contributed by atoms with Gasteiger partial charge in [-0.3, -0.25) is 5.32 Å². The van der Waals surface area contributed by atoms with Gasteiger partial charge in [0.15, 0.2) is 11.5 Å². The van der Waals surface area contributed by atoms with Crippen LogP contribution in [0, 0.1) is 6.92 Å². The maximum atomic E-state index is 5.42. The van der Waals surface area contributed by atoms with Crippen LogP contribution in [0.5, 0.6) is 17.2 Å². The fourth-order valence-electron chi connectivity index (χ4n) is 2.77. The summed E-state index contributed by atoms with van der Waals surface area (Å²) in [5.41, 5.74) is 3.71. The molecule has 2 aromatic rings.